The molecule has 8 heteroatoms. The van der Waals surface area contributed by atoms with Gasteiger partial charge in [-0.1, -0.05) is 12.1 Å². The monoisotopic (exact) mass is 474 g/mol. The normalized spacial score (nSPS) is 15.9. The molecular weight excluding hydrogens is 448 g/mol. The Hall–Kier alpha value is -3.52. The van der Waals surface area contributed by atoms with Crippen LogP contribution >= 0.6 is 11.3 Å². The van der Waals surface area contributed by atoms with E-state index in [2.05, 4.69) is 15.0 Å². The second-order valence-corrected chi connectivity index (χ2v) is 9.45. The number of oxazole rings is 1. The molecule has 4 heterocycles. The number of hydrogen-bond donors (Lipinski definition) is 0. The summed E-state index contributed by atoms with van der Waals surface area (Å²) in [5, 5.41) is 0.818. The van der Waals surface area contributed by atoms with Crippen LogP contribution in [0.3, 0.4) is 0 Å². The van der Waals surface area contributed by atoms with Crippen LogP contribution in [0, 0.1) is 6.92 Å². The smallest absolute Gasteiger partial charge is 0.265 e. The molecule has 0 bridgehead atoms. The number of methoxy groups -OCH3 is 1. The molecule has 5 rings (SSSR count). The highest BCUT2D eigenvalue weighted by molar-refractivity contribution is 7.17. The zero-order chi connectivity index (χ0) is 23.5. The van der Waals surface area contributed by atoms with Crippen molar-refractivity contribution in [2.24, 2.45) is 0 Å². The van der Waals surface area contributed by atoms with Crippen LogP contribution in [0.25, 0.3) is 10.6 Å². The van der Waals surface area contributed by atoms with Crippen molar-refractivity contribution < 1.29 is 13.9 Å². The lowest BCUT2D eigenvalue weighted by Crippen LogP contribution is -2.39. The lowest BCUT2D eigenvalue weighted by atomic mass is 9.98. The second kappa shape index (κ2) is 9.77. The average Bonchev–Trinajstić information content (AvgIpc) is 3.51. The summed E-state index contributed by atoms with van der Waals surface area (Å²) in [6.45, 7) is 3.22. The van der Waals surface area contributed by atoms with Gasteiger partial charge in [-0.05, 0) is 49.6 Å². The van der Waals surface area contributed by atoms with Gasteiger partial charge in [-0.2, -0.15) is 0 Å². The lowest BCUT2D eigenvalue weighted by Gasteiger charge is -2.31. The first-order chi connectivity index (χ1) is 16.6. The minimum atomic E-state index is 0.0276. The van der Waals surface area contributed by atoms with E-state index in [9.17, 15) is 4.79 Å². The molecule has 0 radical (unpaired) electrons. The number of pyridine rings is 1. The molecule has 1 aromatic carbocycles. The van der Waals surface area contributed by atoms with Crippen LogP contribution in [0.1, 0.15) is 51.3 Å². The molecule has 174 valence electrons. The predicted octanol–water partition coefficient (Wildman–Crippen LogP) is 5.12. The summed E-state index contributed by atoms with van der Waals surface area (Å²) in [4.78, 5) is 29.3. The summed E-state index contributed by atoms with van der Waals surface area (Å²) >= 11 is 1.43. The SMILES string of the molecule is COc1ccc(Cc2cnc([C@H]3CCCN(C(=O)c4sc(-c5cccnc5)nc4C)C3)o2)cc1. The number of amides is 1. The maximum Gasteiger partial charge on any atom is 0.265 e. The summed E-state index contributed by atoms with van der Waals surface area (Å²) in [5.74, 6) is 2.48. The van der Waals surface area contributed by atoms with E-state index >= 15 is 0 Å². The van der Waals surface area contributed by atoms with Gasteiger partial charge in [0, 0.05) is 37.5 Å². The molecule has 0 aliphatic carbocycles. The van der Waals surface area contributed by atoms with Gasteiger partial charge in [-0.25, -0.2) is 9.97 Å². The summed E-state index contributed by atoms with van der Waals surface area (Å²) < 4.78 is 11.3. The Morgan fingerprint density at radius 3 is 2.85 bits per heavy atom. The maximum absolute atomic E-state index is 13.4. The van der Waals surface area contributed by atoms with E-state index in [4.69, 9.17) is 9.15 Å². The molecular formula is C26H26N4O3S. The van der Waals surface area contributed by atoms with Crippen molar-refractivity contribution in [1.29, 1.82) is 0 Å². The zero-order valence-electron chi connectivity index (χ0n) is 19.2. The number of hydrogen-bond acceptors (Lipinski definition) is 7. The maximum atomic E-state index is 13.4. The van der Waals surface area contributed by atoms with Crippen molar-refractivity contribution in [3.8, 4) is 16.3 Å². The first-order valence-electron chi connectivity index (χ1n) is 11.4. The van der Waals surface area contributed by atoms with Gasteiger partial charge in [0.15, 0.2) is 5.89 Å². The number of aryl methyl sites for hydroxylation is 1. The van der Waals surface area contributed by atoms with Gasteiger partial charge in [-0.3, -0.25) is 9.78 Å². The minimum Gasteiger partial charge on any atom is -0.497 e. The highest BCUT2D eigenvalue weighted by Crippen LogP contribution is 2.32. The van der Waals surface area contributed by atoms with Gasteiger partial charge in [0.1, 0.15) is 21.4 Å². The number of thiazole rings is 1. The molecule has 0 unspecified atom stereocenters. The number of benzene rings is 1. The largest absolute Gasteiger partial charge is 0.497 e. The molecule has 1 fully saturated rings. The molecule has 1 aliphatic heterocycles. The number of ether oxygens (including phenoxy) is 1. The van der Waals surface area contributed by atoms with Crippen LogP contribution in [0.4, 0.5) is 0 Å². The summed E-state index contributed by atoms with van der Waals surface area (Å²) in [6.07, 6.45) is 7.84. The number of carbonyl (C=O) groups excluding carboxylic acids is 1. The molecule has 0 N–H and O–H groups in total. The standard InChI is InChI=1S/C26H26N4O3S/c1-17-23(34-25(29-17)19-5-3-11-27-14-19)26(31)30-12-4-6-20(16-30)24-28-15-22(33-24)13-18-7-9-21(32-2)10-8-18/h3,5,7-11,14-15,20H,4,6,12-13,16H2,1-2H3/t20-/m0/s1. The van der Waals surface area contributed by atoms with E-state index in [1.807, 2.05) is 48.2 Å². The highest BCUT2D eigenvalue weighted by Gasteiger charge is 2.30. The van der Waals surface area contributed by atoms with Crippen molar-refractivity contribution in [2.75, 3.05) is 20.2 Å². The molecule has 0 spiro atoms. The quantitative estimate of drug-likeness (QED) is 0.386. The Morgan fingerprint density at radius 1 is 1.24 bits per heavy atom. The molecule has 7 nitrogen and oxygen atoms in total. The summed E-state index contributed by atoms with van der Waals surface area (Å²) in [7, 11) is 1.66. The van der Waals surface area contributed by atoms with E-state index in [-0.39, 0.29) is 11.8 Å². The van der Waals surface area contributed by atoms with E-state index in [1.165, 1.54) is 11.3 Å². The fraction of sp³-hybridized carbons (Fsp3) is 0.308. The molecule has 1 saturated heterocycles. The van der Waals surface area contributed by atoms with Crippen LogP contribution in [0.15, 0.2) is 59.4 Å². The Bertz CT molecular complexity index is 1270. The van der Waals surface area contributed by atoms with Gasteiger partial charge >= 0.3 is 0 Å². The van der Waals surface area contributed by atoms with Gasteiger partial charge in [0.05, 0.1) is 24.9 Å². The van der Waals surface area contributed by atoms with Crippen molar-refractivity contribution in [3.05, 3.63) is 82.8 Å². The van der Waals surface area contributed by atoms with Gasteiger partial charge in [-0.15, -0.1) is 11.3 Å². The van der Waals surface area contributed by atoms with Crippen LogP contribution in [0.2, 0.25) is 0 Å². The third kappa shape index (κ3) is 4.72. The van der Waals surface area contributed by atoms with Crippen LogP contribution < -0.4 is 4.74 Å². The fourth-order valence-electron chi connectivity index (χ4n) is 4.25. The molecule has 1 amide bonds. The van der Waals surface area contributed by atoms with E-state index in [1.54, 1.807) is 25.7 Å². The predicted molar refractivity (Wildman–Crippen MR) is 130 cm³/mol. The van der Waals surface area contributed by atoms with Gasteiger partial charge in [0.2, 0.25) is 0 Å². The van der Waals surface area contributed by atoms with E-state index in [0.29, 0.717) is 23.7 Å². The first kappa shape index (κ1) is 22.3. The summed E-state index contributed by atoms with van der Waals surface area (Å²) in [6, 6.07) is 11.8. The van der Waals surface area contributed by atoms with E-state index in [0.717, 1.165) is 52.7 Å². The van der Waals surface area contributed by atoms with Crippen LogP contribution in [0.5, 0.6) is 5.75 Å². The average molecular weight is 475 g/mol. The Labute approximate surface area is 202 Å². The number of piperidine rings is 1. The zero-order valence-corrected chi connectivity index (χ0v) is 20.0. The van der Waals surface area contributed by atoms with Gasteiger partial charge < -0.3 is 14.1 Å². The molecule has 3 aromatic heterocycles. The van der Waals surface area contributed by atoms with Crippen LogP contribution in [-0.4, -0.2) is 46.0 Å². The molecule has 1 atom stereocenters. The number of aromatic nitrogens is 3. The molecule has 34 heavy (non-hydrogen) atoms. The Kier molecular flexibility index (Phi) is 6.40. The topological polar surface area (TPSA) is 81.4 Å². The second-order valence-electron chi connectivity index (χ2n) is 8.46. The van der Waals surface area contributed by atoms with Gasteiger partial charge in [0.25, 0.3) is 5.91 Å². The number of carbonyl (C=O) groups is 1. The molecule has 1 aliphatic rings. The fourth-order valence-corrected chi connectivity index (χ4v) is 5.28. The van der Waals surface area contributed by atoms with E-state index < -0.39 is 0 Å². The third-order valence-corrected chi connectivity index (χ3v) is 7.26. The highest BCUT2D eigenvalue weighted by atomic mass is 32.1. The Balaban J connectivity index is 1.27. The lowest BCUT2D eigenvalue weighted by molar-refractivity contribution is 0.0702. The van der Waals surface area contributed by atoms with Crippen molar-refractivity contribution in [2.45, 2.75) is 32.1 Å². The number of nitrogens with zero attached hydrogens (tertiary/aromatic N) is 4. The summed E-state index contributed by atoms with van der Waals surface area (Å²) in [5.41, 5.74) is 2.82. The molecule has 4 aromatic rings. The van der Waals surface area contributed by atoms with Crippen molar-refractivity contribution >= 4 is 17.2 Å². The van der Waals surface area contributed by atoms with Crippen molar-refractivity contribution in [1.82, 2.24) is 19.9 Å². The minimum absolute atomic E-state index is 0.0276. The van der Waals surface area contributed by atoms with Crippen LogP contribution in [-0.2, 0) is 6.42 Å². The molecule has 0 saturated carbocycles. The van der Waals surface area contributed by atoms with Crippen molar-refractivity contribution in [3.63, 3.8) is 0 Å². The Morgan fingerprint density at radius 2 is 2.09 bits per heavy atom. The third-order valence-electron chi connectivity index (χ3n) is 6.07. The number of rotatable bonds is 6. The number of likely N-dealkylation sites (tertiary alicyclic amines) is 1. The first-order valence-corrected chi connectivity index (χ1v) is 12.2.